The van der Waals surface area contributed by atoms with E-state index in [0.717, 1.165) is 16.9 Å². The molecule has 0 aliphatic heterocycles. The normalized spacial score (nSPS) is 11.7. The SMILES string of the molecule is CC(C)[C@H](N)c1nc2ccccc2[nH]1.[Cl][Ru][Cl].c1ccc(P(c2ccccc2)c2ccc3ccccc3c2-c2c(P(c3ccccc3)c3ccccc3)ccc3ccccc23)cc1. The van der Waals surface area contributed by atoms with Crippen molar-refractivity contribution in [2.45, 2.75) is 19.9 Å². The minimum absolute atomic E-state index is 0.0117. The van der Waals surface area contributed by atoms with Crippen molar-refractivity contribution in [3.8, 4) is 11.1 Å². The van der Waals surface area contributed by atoms with Crippen LogP contribution in [0.5, 0.6) is 0 Å². The Morgan fingerprint density at radius 2 is 0.810 bits per heavy atom. The van der Waals surface area contributed by atoms with Crippen molar-refractivity contribution < 1.29 is 15.1 Å². The maximum absolute atomic E-state index is 6.01. The number of imidazole rings is 1. The van der Waals surface area contributed by atoms with Crippen LogP contribution in [0.25, 0.3) is 43.7 Å². The molecule has 1 heterocycles. The van der Waals surface area contributed by atoms with Crippen LogP contribution in [0.2, 0.25) is 0 Å². The largest absolute Gasteiger partial charge is 0.0622 e. The number of fused-ring (bicyclic) bond motifs is 3. The Morgan fingerprint density at radius 3 is 1.19 bits per heavy atom. The zero-order valence-electron chi connectivity index (χ0n) is 35.0. The first-order valence-electron chi connectivity index (χ1n) is 20.9. The Kier molecular flexibility index (Phi) is 15.3. The van der Waals surface area contributed by atoms with Gasteiger partial charge in [-0.3, -0.25) is 0 Å². The molecule has 1 aromatic heterocycles. The van der Waals surface area contributed by atoms with Crippen molar-refractivity contribution in [3.05, 3.63) is 224 Å². The minimum atomic E-state index is -0.852. The second kappa shape index (κ2) is 21.6. The molecule has 0 amide bonds. The Balaban J connectivity index is 0.000000269. The number of para-hydroxylation sites is 2. The van der Waals surface area contributed by atoms with Crippen molar-refractivity contribution in [3.63, 3.8) is 0 Å². The van der Waals surface area contributed by atoms with Gasteiger partial charge in [0, 0.05) is 0 Å². The summed E-state index contributed by atoms with van der Waals surface area (Å²) in [5, 5.41) is 13.3. The molecule has 1 atom stereocenters. The molecule has 314 valence electrons. The molecule has 0 aliphatic rings. The molecule has 3 N–H and O–H groups in total. The summed E-state index contributed by atoms with van der Waals surface area (Å²) in [6.45, 7) is 4.19. The number of aromatic amines is 1. The van der Waals surface area contributed by atoms with Crippen molar-refractivity contribution in [2.75, 3.05) is 0 Å². The van der Waals surface area contributed by atoms with Crippen molar-refractivity contribution >= 4 is 99.6 Å². The van der Waals surface area contributed by atoms with E-state index in [4.69, 9.17) is 25.1 Å². The van der Waals surface area contributed by atoms with Gasteiger partial charge in [0.2, 0.25) is 0 Å². The molecular weight excluding hydrogens is 937 g/mol. The Morgan fingerprint density at radius 1 is 0.460 bits per heavy atom. The number of H-pyrrole nitrogens is 1. The summed E-state index contributed by atoms with van der Waals surface area (Å²) in [7, 11) is 8.00. The first-order chi connectivity index (χ1) is 31.0. The Hall–Kier alpha value is -5.01. The van der Waals surface area contributed by atoms with Gasteiger partial charge in [-0.25, -0.2) is 4.98 Å². The monoisotopic (exact) mass is 983 g/mol. The predicted molar refractivity (Wildman–Crippen MR) is 274 cm³/mol. The smallest absolute Gasteiger partial charge is 0.000884 e. The average Bonchev–Trinajstić information content (AvgIpc) is 3.78. The number of benzene rings is 9. The van der Waals surface area contributed by atoms with E-state index in [1.165, 1.54) is 64.5 Å². The van der Waals surface area contributed by atoms with E-state index < -0.39 is 15.8 Å². The van der Waals surface area contributed by atoms with Gasteiger partial charge < -0.3 is 10.7 Å². The summed E-state index contributed by atoms with van der Waals surface area (Å²) < 4.78 is 0. The number of rotatable bonds is 9. The van der Waals surface area contributed by atoms with Gasteiger partial charge in [-0.2, -0.15) is 0 Å². The second-order valence-corrected chi connectivity index (χ2v) is 22.3. The van der Waals surface area contributed by atoms with E-state index in [1.54, 1.807) is 0 Å². The number of halogens is 2. The maximum atomic E-state index is 6.01. The molecule has 0 radical (unpaired) electrons. The van der Waals surface area contributed by atoms with E-state index in [9.17, 15) is 0 Å². The zero-order chi connectivity index (χ0) is 43.5. The minimum Gasteiger partial charge on any atom is -0.0622 e. The summed E-state index contributed by atoms with van der Waals surface area (Å²) in [4.78, 5) is 7.69. The van der Waals surface area contributed by atoms with Crippen LogP contribution in [-0.2, 0) is 15.1 Å². The molecule has 0 aliphatic carbocycles. The maximum Gasteiger partial charge on any atom is -0.000884 e. The Labute approximate surface area is 388 Å². The number of nitrogens with one attached hydrogen (secondary N) is 1. The molecule has 0 unspecified atom stereocenters. The molecule has 3 nitrogen and oxygen atoms in total. The second-order valence-electron chi connectivity index (χ2n) is 15.3. The van der Waals surface area contributed by atoms with E-state index >= 15 is 0 Å². The molecule has 8 heteroatoms. The molecule has 0 bridgehead atoms. The summed E-state index contributed by atoms with van der Waals surface area (Å²) in [6, 6.07) is 79.8. The molecule has 9 aromatic carbocycles. The molecule has 0 spiro atoms. The van der Waals surface area contributed by atoms with Crippen molar-refractivity contribution in [1.29, 1.82) is 0 Å². The van der Waals surface area contributed by atoms with Gasteiger partial charge >= 0.3 is 34.5 Å². The van der Waals surface area contributed by atoms with Crippen LogP contribution < -0.4 is 37.6 Å². The summed E-state index contributed by atoms with van der Waals surface area (Å²) in [6.07, 6.45) is 0. The van der Waals surface area contributed by atoms with E-state index in [-0.39, 0.29) is 21.2 Å². The van der Waals surface area contributed by atoms with E-state index in [2.05, 4.69) is 218 Å². The van der Waals surface area contributed by atoms with Gasteiger partial charge in [-0.15, -0.1) is 0 Å². The third kappa shape index (κ3) is 10.2. The fourth-order valence-corrected chi connectivity index (χ4v) is 13.0. The van der Waals surface area contributed by atoms with Gasteiger partial charge in [0.25, 0.3) is 0 Å². The summed E-state index contributed by atoms with van der Waals surface area (Å²) in [5.41, 5.74) is 10.7. The molecular formula is C55H47Cl2N3P2Ru. The average molecular weight is 984 g/mol. The van der Waals surface area contributed by atoms with Gasteiger partial charge in [0.1, 0.15) is 5.82 Å². The molecule has 0 saturated carbocycles. The molecule has 0 fully saturated rings. The number of nitrogens with two attached hydrogens (primary N) is 1. The quantitative estimate of drug-likeness (QED) is 0.112. The van der Waals surface area contributed by atoms with Crippen LogP contribution in [0.3, 0.4) is 0 Å². The number of hydrogen-bond acceptors (Lipinski definition) is 2. The van der Waals surface area contributed by atoms with Crippen LogP contribution >= 0.6 is 35.2 Å². The van der Waals surface area contributed by atoms with Crippen LogP contribution in [0.15, 0.2) is 218 Å². The third-order valence-corrected chi connectivity index (χ3v) is 16.0. The van der Waals surface area contributed by atoms with Crippen molar-refractivity contribution in [2.24, 2.45) is 11.7 Å². The van der Waals surface area contributed by atoms with Crippen LogP contribution in [0, 0.1) is 5.92 Å². The van der Waals surface area contributed by atoms with Gasteiger partial charge in [-0.05, 0) is 98.4 Å². The molecule has 0 saturated heterocycles. The van der Waals surface area contributed by atoms with Crippen LogP contribution in [-0.4, -0.2) is 9.97 Å². The predicted octanol–water partition coefficient (Wildman–Crippen LogP) is 12.8. The Bertz CT molecular complexity index is 2750. The molecule has 10 aromatic rings. The fraction of sp³-hybridized carbons (Fsp3) is 0.0727. The first-order valence-corrected chi connectivity index (χ1v) is 28.0. The first kappa shape index (κ1) is 44.6. The number of nitrogens with zero attached hydrogens (tertiary/aromatic N) is 1. The summed E-state index contributed by atoms with van der Waals surface area (Å²) >= 11 is -0.346. The fourth-order valence-electron chi connectivity index (χ4n) is 8.03. The van der Waals surface area contributed by atoms with Crippen molar-refractivity contribution in [1.82, 2.24) is 9.97 Å². The standard InChI is InChI=1S/C44H32P2.C11H15N3.2ClH.Ru/c1-5-19-35(20-6-1)45(36-21-7-2-8-22-36)41-31-29-33-17-13-15-27-39(33)43(41)44-40-28-16-14-18-34(40)30-32-42(44)46(37-23-9-3-10-24-37)38-25-11-4-12-26-38;1-7(2)10(12)11-13-8-5-3-4-6-9(8)14-11;;;/h1-32H;3-7,10H,12H2,1-2H3,(H,13,14);2*1H;/q;;;;+2/p-2/t;10-;;;/m.0.../s1. The third-order valence-electron chi connectivity index (χ3n) is 11.0. The van der Waals surface area contributed by atoms with Gasteiger partial charge in [0.05, 0.1) is 17.1 Å². The summed E-state index contributed by atoms with van der Waals surface area (Å²) in [5.74, 6) is 1.27. The molecule has 63 heavy (non-hydrogen) atoms. The number of hydrogen-bond donors (Lipinski definition) is 2. The van der Waals surface area contributed by atoms with E-state index in [0.29, 0.717) is 5.92 Å². The number of aromatic nitrogens is 2. The van der Waals surface area contributed by atoms with Crippen LogP contribution in [0.1, 0.15) is 25.7 Å². The van der Waals surface area contributed by atoms with Gasteiger partial charge in [-0.1, -0.05) is 220 Å². The topological polar surface area (TPSA) is 54.7 Å². The van der Waals surface area contributed by atoms with Crippen LogP contribution in [0.4, 0.5) is 0 Å². The zero-order valence-corrected chi connectivity index (χ0v) is 40.0. The van der Waals surface area contributed by atoms with E-state index in [1.807, 2.05) is 24.3 Å². The van der Waals surface area contributed by atoms with Gasteiger partial charge in [0.15, 0.2) is 0 Å². The molecule has 10 rings (SSSR count).